The Kier molecular flexibility index (Phi) is 3.11. The third kappa shape index (κ3) is 2.29. The molecule has 0 amide bonds. The number of phenols is 1. The SMILES string of the molecule is Oc1ccc(CNC23CC4CC(CC(C4)C2)C3)cc1Br. The lowest BCUT2D eigenvalue weighted by Crippen LogP contribution is -2.58. The molecule has 0 heterocycles. The standard InChI is InChI=1S/C17H22BrNO/c18-15-6-11(1-2-16(15)20)10-19-17-7-12-3-13(8-17)5-14(4-12)9-17/h1-2,6,12-14,19-20H,3-5,7-10H2. The highest BCUT2D eigenvalue weighted by molar-refractivity contribution is 9.10. The van der Waals surface area contributed by atoms with Gasteiger partial charge < -0.3 is 10.4 Å². The molecule has 108 valence electrons. The summed E-state index contributed by atoms with van der Waals surface area (Å²) in [7, 11) is 0. The van der Waals surface area contributed by atoms with Crippen molar-refractivity contribution in [1.82, 2.24) is 5.32 Å². The molecule has 4 saturated carbocycles. The molecule has 4 aliphatic carbocycles. The van der Waals surface area contributed by atoms with Crippen molar-refractivity contribution in [3.63, 3.8) is 0 Å². The van der Waals surface area contributed by atoms with Crippen LogP contribution in [0.5, 0.6) is 5.75 Å². The van der Waals surface area contributed by atoms with Crippen molar-refractivity contribution in [1.29, 1.82) is 0 Å². The summed E-state index contributed by atoms with van der Waals surface area (Å²) in [4.78, 5) is 0. The minimum atomic E-state index is 0.323. The van der Waals surface area contributed by atoms with Crippen LogP contribution >= 0.6 is 15.9 Å². The first kappa shape index (κ1) is 13.1. The van der Waals surface area contributed by atoms with Crippen molar-refractivity contribution in [2.24, 2.45) is 17.8 Å². The summed E-state index contributed by atoms with van der Waals surface area (Å²) in [6, 6.07) is 5.83. The monoisotopic (exact) mass is 335 g/mol. The van der Waals surface area contributed by atoms with Crippen LogP contribution in [0, 0.1) is 17.8 Å². The maximum absolute atomic E-state index is 9.57. The predicted molar refractivity (Wildman–Crippen MR) is 83.5 cm³/mol. The fraction of sp³-hybridized carbons (Fsp3) is 0.647. The van der Waals surface area contributed by atoms with E-state index in [9.17, 15) is 5.11 Å². The zero-order valence-electron chi connectivity index (χ0n) is 11.7. The minimum absolute atomic E-state index is 0.323. The van der Waals surface area contributed by atoms with Crippen LogP contribution in [0.15, 0.2) is 22.7 Å². The molecule has 1 aromatic carbocycles. The lowest BCUT2D eigenvalue weighted by Gasteiger charge is -2.57. The van der Waals surface area contributed by atoms with Crippen molar-refractivity contribution >= 4 is 15.9 Å². The Bertz CT molecular complexity index is 492. The first-order valence-corrected chi connectivity index (χ1v) is 8.64. The third-order valence-corrected chi connectivity index (χ3v) is 6.35. The molecule has 0 unspecified atom stereocenters. The Labute approximate surface area is 129 Å². The molecule has 5 rings (SSSR count). The molecule has 3 heteroatoms. The molecule has 4 aliphatic rings. The zero-order valence-corrected chi connectivity index (χ0v) is 13.3. The fourth-order valence-electron chi connectivity index (χ4n) is 5.28. The molecule has 0 saturated heterocycles. The second-order valence-electron chi connectivity index (χ2n) is 7.34. The topological polar surface area (TPSA) is 32.3 Å². The highest BCUT2D eigenvalue weighted by atomic mass is 79.9. The van der Waals surface area contributed by atoms with E-state index in [1.165, 1.54) is 44.1 Å². The summed E-state index contributed by atoms with van der Waals surface area (Å²) < 4.78 is 0.794. The molecule has 0 spiro atoms. The van der Waals surface area contributed by atoms with Gasteiger partial charge in [0.15, 0.2) is 0 Å². The van der Waals surface area contributed by atoms with Crippen LogP contribution in [-0.2, 0) is 6.54 Å². The Morgan fingerprint density at radius 1 is 1.10 bits per heavy atom. The van der Waals surface area contributed by atoms with Gasteiger partial charge >= 0.3 is 0 Å². The number of aromatic hydroxyl groups is 1. The lowest BCUT2D eigenvalue weighted by atomic mass is 9.53. The molecule has 4 bridgehead atoms. The maximum atomic E-state index is 9.57. The molecular formula is C17H22BrNO. The van der Waals surface area contributed by atoms with E-state index in [-0.39, 0.29) is 0 Å². The average molecular weight is 336 g/mol. The van der Waals surface area contributed by atoms with E-state index in [0.717, 1.165) is 28.8 Å². The van der Waals surface area contributed by atoms with Gasteiger partial charge in [-0.3, -0.25) is 0 Å². The summed E-state index contributed by atoms with van der Waals surface area (Å²) in [5.74, 6) is 3.28. The van der Waals surface area contributed by atoms with Crippen LogP contribution in [0.25, 0.3) is 0 Å². The van der Waals surface area contributed by atoms with Gasteiger partial charge in [0.25, 0.3) is 0 Å². The van der Waals surface area contributed by atoms with Crippen molar-refractivity contribution in [2.75, 3.05) is 0 Å². The minimum Gasteiger partial charge on any atom is -0.507 e. The average Bonchev–Trinajstić information content (AvgIpc) is 2.39. The van der Waals surface area contributed by atoms with Gasteiger partial charge in [0.1, 0.15) is 5.75 Å². The van der Waals surface area contributed by atoms with E-state index in [2.05, 4.69) is 21.2 Å². The number of halogens is 1. The van der Waals surface area contributed by atoms with Crippen molar-refractivity contribution < 1.29 is 5.11 Å². The number of rotatable bonds is 3. The summed E-state index contributed by atoms with van der Waals surface area (Å²) in [5, 5.41) is 13.5. The maximum Gasteiger partial charge on any atom is 0.129 e. The van der Waals surface area contributed by atoms with Crippen LogP contribution in [0.4, 0.5) is 0 Å². The van der Waals surface area contributed by atoms with E-state index in [1.54, 1.807) is 6.07 Å². The highest BCUT2D eigenvalue weighted by Crippen LogP contribution is 2.55. The molecule has 0 radical (unpaired) electrons. The van der Waals surface area contributed by atoms with Crippen LogP contribution < -0.4 is 5.32 Å². The fourth-order valence-corrected chi connectivity index (χ4v) is 5.70. The lowest BCUT2D eigenvalue weighted by molar-refractivity contribution is -0.0206. The van der Waals surface area contributed by atoms with E-state index in [1.807, 2.05) is 12.1 Å². The number of hydrogen-bond donors (Lipinski definition) is 2. The van der Waals surface area contributed by atoms with E-state index in [0.29, 0.717) is 11.3 Å². The molecule has 4 fully saturated rings. The van der Waals surface area contributed by atoms with Crippen molar-refractivity contribution in [3.05, 3.63) is 28.2 Å². The van der Waals surface area contributed by atoms with Crippen LogP contribution in [0.2, 0.25) is 0 Å². The zero-order chi connectivity index (χ0) is 13.7. The Balaban J connectivity index is 1.47. The Hall–Kier alpha value is -0.540. The number of nitrogens with one attached hydrogen (secondary N) is 1. The van der Waals surface area contributed by atoms with Gasteiger partial charge in [-0.05, 0) is 89.9 Å². The van der Waals surface area contributed by atoms with Gasteiger partial charge in [0.2, 0.25) is 0 Å². The Morgan fingerprint density at radius 2 is 1.70 bits per heavy atom. The second-order valence-corrected chi connectivity index (χ2v) is 8.19. The van der Waals surface area contributed by atoms with Crippen molar-refractivity contribution in [3.8, 4) is 5.75 Å². The first-order chi connectivity index (χ1) is 9.62. The summed E-state index contributed by atoms with van der Waals surface area (Å²) in [6.45, 7) is 0.922. The molecule has 2 nitrogen and oxygen atoms in total. The van der Waals surface area contributed by atoms with Gasteiger partial charge in [0, 0.05) is 12.1 Å². The summed E-state index contributed by atoms with van der Waals surface area (Å²) in [6.07, 6.45) is 8.64. The van der Waals surface area contributed by atoms with Gasteiger partial charge in [-0.25, -0.2) is 0 Å². The van der Waals surface area contributed by atoms with E-state index >= 15 is 0 Å². The molecule has 0 aromatic heterocycles. The normalized spacial score (nSPS) is 38.4. The van der Waals surface area contributed by atoms with Gasteiger partial charge in [0.05, 0.1) is 4.47 Å². The summed E-state index contributed by atoms with van der Waals surface area (Å²) in [5.41, 5.74) is 1.67. The molecule has 2 N–H and O–H groups in total. The van der Waals surface area contributed by atoms with E-state index in [4.69, 9.17) is 0 Å². The first-order valence-electron chi connectivity index (χ1n) is 7.84. The van der Waals surface area contributed by atoms with Gasteiger partial charge in [-0.15, -0.1) is 0 Å². The number of phenolic OH excluding ortho intramolecular Hbond substituents is 1. The van der Waals surface area contributed by atoms with Gasteiger partial charge in [-0.1, -0.05) is 6.07 Å². The summed E-state index contributed by atoms with van der Waals surface area (Å²) >= 11 is 3.40. The molecule has 0 atom stereocenters. The second kappa shape index (κ2) is 4.74. The number of benzene rings is 1. The molecule has 20 heavy (non-hydrogen) atoms. The Morgan fingerprint density at radius 3 is 2.25 bits per heavy atom. The molecule has 0 aliphatic heterocycles. The highest BCUT2D eigenvalue weighted by Gasteiger charge is 2.50. The van der Waals surface area contributed by atoms with Crippen LogP contribution in [0.3, 0.4) is 0 Å². The predicted octanol–water partition coefficient (Wildman–Crippen LogP) is 4.21. The van der Waals surface area contributed by atoms with Crippen LogP contribution in [-0.4, -0.2) is 10.6 Å². The third-order valence-electron chi connectivity index (χ3n) is 5.72. The largest absolute Gasteiger partial charge is 0.507 e. The van der Waals surface area contributed by atoms with Crippen molar-refractivity contribution in [2.45, 2.75) is 50.6 Å². The van der Waals surface area contributed by atoms with E-state index < -0.39 is 0 Å². The molecular weight excluding hydrogens is 314 g/mol. The van der Waals surface area contributed by atoms with Crippen LogP contribution in [0.1, 0.15) is 44.1 Å². The molecule has 1 aromatic rings. The smallest absolute Gasteiger partial charge is 0.129 e. The van der Waals surface area contributed by atoms with Gasteiger partial charge in [-0.2, -0.15) is 0 Å². The quantitative estimate of drug-likeness (QED) is 0.866. The number of hydrogen-bond acceptors (Lipinski definition) is 2.